The van der Waals surface area contributed by atoms with Crippen molar-refractivity contribution in [2.75, 3.05) is 17.2 Å². The number of rotatable bonds is 7. The van der Waals surface area contributed by atoms with Gasteiger partial charge in [-0.25, -0.2) is 0 Å². The molecule has 0 saturated heterocycles. The summed E-state index contributed by atoms with van der Waals surface area (Å²) in [6.07, 6.45) is 0. The summed E-state index contributed by atoms with van der Waals surface area (Å²) in [5.41, 5.74) is 1.87. The lowest BCUT2D eigenvalue weighted by atomic mass is 10.2. The van der Waals surface area contributed by atoms with E-state index in [4.69, 9.17) is 9.15 Å². The standard InChI is InChI=1S/C24H19N3O6/c1-15-5-4-6-18(13-15)32-14-21(28)26-22-19-7-2-3-8-20(19)33-23(22)24(29)25-16-9-11-17(12-10-16)27(30)31/h2-13H,14H2,1H3,(H,25,29)(H,26,28). The molecule has 9 heteroatoms. The van der Waals surface area contributed by atoms with Gasteiger partial charge < -0.3 is 19.8 Å². The highest BCUT2D eigenvalue weighted by Gasteiger charge is 2.23. The normalized spacial score (nSPS) is 10.6. The lowest BCUT2D eigenvalue weighted by Crippen LogP contribution is -2.22. The molecule has 0 radical (unpaired) electrons. The second-order valence-corrected chi connectivity index (χ2v) is 7.21. The van der Waals surface area contributed by atoms with Crippen molar-refractivity contribution in [3.63, 3.8) is 0 Å². The Morgan fingerprint density at radius 1 is 1.00 bits per heavy atom. The van der Waals surface area contributed by atoms with Crippen LogP contribution in [0.15, 0.2) is 77.2 Å². The highest BCUT2D eigenvalue weighted by Crippen LogP contribution is 2.31. The van der Waals surface area contributed by atoms with Crippen LogP contribution in [0.5, 0.6) is 5.75 Å². The number of aryl methyl sites for hydroxylation is 1. The van der Waals surface area contributed by atoms with Crippen molar-refractivity contribution in [2.45, 2.75) is 6.92 Å². The highest BCUT2D eigenvalue weighted by atomic mass is 16.6. The zero-order chi connectivity index (χ0) is 23.4. The van der Waals surface area contributed by atoms with Gasteiger partial charge in [-0.1, -0.05) is 24.3 Å². The minimum atomic E-state index is -0.616. The van der Waals surface area contributed by atoms with E-state index in [-0.39, 0.29) is 23.7 Å². The highest BCUT2D eigenvalue weighted by molar-refractivity contribution is 6.14. The van der Waals surface area contributed by atoms with Crippen molar-refractivity contribution in [1.82, 2.24) is 0 Å². The van der Waals surface area contributed by atoms with Crippen LogP contribution < -0.4 is 15.4 Å². The van der Waals surface area contributed by atoms with E-state index in [2.05, 4.69) is 10.6 Å². The number of para-hydroxylation sites is 1. The number of nitro groups is 1. The largest absolute Gasteiger partial charge is 0.484 e. The Bertz CT molecular complexity index is 1340. The van der Waals surface area contributed by atoms with E-state index in [1.165, 1.54) is 24.3 Å². The van der Waals surface area contributed by atoms with Crippen molar-refractivity contribution >= 4 is 39.8 Å². The Morgan fingerprint density at radius 2 is 1.76 bits per heavy atom. The number of benzene rings is 3. The minimum Gasteiger partial charge on any atom is -0.484 e. The molecule has 0 saturated carbocycles. The van der Waals surface area contributed by atoms with Crippen LogP contribution in [0.1, 0.15) is 16.1 Å². The van der Waals surface area contributed by atoms with E-state index in [1.807, 2.05) is 25.1 Å². The number of nitrogens with zero attached hydrogens (tertiary/aromatic N) is 1. The molecule has 4 rings (SSSR count). The van der Waals surface area contributed by atoms with Crippen molar-refractivity contribution < 1.29 is 23.7 Å². The number of anilines is 2. The second-order valence-electron chi connectivity index (χ2n) is 7.21. The van der Waals surface area contributed by atoms with Crippen LogP contribution in [-0.2, 0) is 4.79 Å². The Kier molecular flexibility index (Phi) is 6.03. The molecule has 166 valence electrons. The molecule has 9 nitrogen and oxygen atoms in total. The first-order valence-corrected chi connectivity index (χ1v) is 9.97. The molecule has 0 spiro atoms. The molecule has 0 fully saturated rings. The zero-order valence-electron chi connectivity index (χ0n) is 17.5. The van der Waals surface area contributed by atoms with E-state index < -0.39 is 16.7 Å². The van der Waals surface area contributed by atoms with Crippen LogP contribution in [-0.4, -0.2) is 23.3 Å². The number of furan rings is 1. The molecule has 1 aromatic heterocycles. The summed E-state index contributed by atoms with van der Waals surface area (Å²) < 4.78 is 11.2. The predicted molar refractivity (Wildman–Crippen MR) is 123 cm³/mol. The number of non-ortho nitro benzene ring substituents is 1. The van der Waals surface area contributed by atoms with Crippen molar-refractivity contribution in [3.05, 3.63) is 94.2 Å². The smallest absolute Gasteiger partial charge is 0.293 e. The zero-order valence-corrected chi connectivity index (χ0v) is 17.5. The van der Waals surface area contributed by atoms with Crippen molar-refractivity contribution in [1.29, 1.82) is 0 Å². The number of nitro benzene ring substituents is 1. The molecule has 0 aliphatic rings. The van der Waals surface area contributed by atoms with Crippen LogP contribution in [0.25, 0.3) is 11.0 Å². The van der Waals surface area contributed by atoms with Gasteiger partial charge in [-0.05, 0) is 48.9 Å². The number of fused-ring (bicyclic) bond motifs is 1. The van der Waals surface area contributed by atoms with E-state index in [9.17, 15) is 19.7 Å². The van der Waals surface area contributed by atoms with Crippen LogP contribution in [0.4, 0.5) is 17.1 Å². The van der Waals surface area contributed by atoms with Gasteiger partial charge in [0.2, 0.25) is 5.76 Å². The molecule has 2 N–H and O–H groups in total. The minimum absolute atomic E-state index is 0.0986. The third-order valence-corrected chi connectivity index (χ3v) is 4.76. The van der Waals surface area contributed by atoms with Crippen molar-refractivity contribution in [3.8, 4) is 5.75 Å². The van der Waals surface area contributed by atoms with Crippen LogP contribution in [0, 0.1) is 17.0 Å². The monoisotopic (exact) mass is 445 g/mol. The summed E-state index contributed by atoms with van der Waals surface area (Å²) in [7, 11) is 0. The molecule has 2 amide bonds. The Hall–Kier alpha value is -4.66. The van der Waals surface area contributed by atoms with Gasteiger partial charge in [0.05, 0.1) is 4.92 Å². The Labute approximate surface area is 188 Å². The summed E-state index contributed by atoms with van der Waals surface area (Å²) in [6, 6.07) is 19.6. The Morgan fingerprint density at radius 3 is 2.48 bits per heavy atom. The number of amides is 2. The van der Waals surface area contributed by atoms with Gasteiger partial charge in [-0.15, -0.1) is 0 Å². The molecule has 0 aliphatic heterocycles. The number of hydrogen-bond donors (Lipinski definition) is 2. The van der Waals surface area contributed by atoms with Gasteiger partial charge in [-0.2, -0.15) is 0 Å². The van der Waals surface area contributed by atoms with Gasteiger partial charge in [0.15, 0.2) is 6.61 Å². The van der Waals surface area contributed by atoms with Gasteiger partial charge in [-0.3, -0.25) is 19.7 Å². The van der Waals surface area contributed by atoms with Crippen LogP contribution in [0.3, 0.4) is 0 Å². The second kappa shape index (κ2) is 9.23. The van der Waals surface area contributed by atoms with Gasteiger partial charge >= 0.3 is 0 Å². The lowest BCUT2D eigenvalue weighted by molar-refractivity contribution is -0.384. The molecule has 33 heavy (non-hydrogen) atoms. The number of carbonyl (C=O) groups excluding carboxylic acids is 2. The maximum absolute atomic E-state index is 12.9. The summed E-state index contributed by atoms with van der Waals surface area (Å²) in [5, 5.41) is 16.7. The molecule has 1 heterocycles. The van der Waals surface area contributed by atoms with Gasteiger partial charge in [0.1, 0.15) is 17.0 Å². The maximum atomic E-state index is 12.9. The van der Waals surface area contributed by atoms with Gasteiger partial charge in [0.25, 0.3) is 17.5 Å². The SMILES string of the molecule is Cc1cccc(OCC(=O)Nc2c(C(=O)Nc3ccc([N+](=O)[O-])cc3)oc3ccccc23)c1. The average Bonchev–Trinajstić information content (AvgIpc) is 3.17. The number of nitrogens with one attached hydrogen (secondary N) is 2. The molecule has 0 atom stereocenters. The summed E-state index contributed by atoms with van der Waals surface area (Å²) in [4.78, 5) is 35.8. The van der Waals surface area contributed by atoms with E-state index in [0.717, 1.165) is 5.56 Å². The first-order valence-electron chi connectivity index (χ1n) is 9.97. The summed E-state index contributed by atoms with van der Waals surface area (Å²) in [6.45, 7) is 1.66. The van der Waals surface area contributed by atoms with E-state index in [1.54, 1.807) is 30.3 Å². The summed E-state index contributed by atoms with van der Waals surface area (Å²) >= 11 is 0. The molecule has 0 unspecified atom stereocenters. The maximum Gasteiger partial charge on any atom is 0.293 e. The predicted octanol–water partition coefficient (Wildman–Crippen LogP) is 4.92. The fourth-order valence-electron chi connectivity index (χ4n) is 3.21. The number of carbonyl (C=O) groups is 2. The third-order valence-electron chi connectivity index (χ3n) is 4.76. The fourth-order valence-corrected chi connectivity index (χ4v) is 3.21. The van der Waals surface area contributed by atoms with Crippen LogP contribution >= 0.6 is 0 Å². The first-order chi connectivity index (χ1) is 15.9. The Balaban J connectivity index is 1.54. The molecule has 3 aromatic carbocycles. The molecule has 0 aliphatic carbocycles. The van der Waals surface area contributed by atoms with E-state index >= 15 is 0 Å². The summed E-state index contributed by atoms with van der Waals surface area (Å²) in [5.74, 6) is -0.626. The first kappa shape index (κ1) is 21.6. The fraction of sp³-hybridized carbons (Fsp3) is 0.0833. The average molecular weight is 445 g/mol. The quantitative estimate of drug-likeness (QED) is 0.307. The third kappa shape index (κ3) is 4.99. The number of ether oxygens (including phenoxy) is 1. The lowest BCUT2D eigenvalue weighted by Gasteiger charge is -2.09. The van der Waals surface area contributed by atoms with E-state index in [0.29, 0.717) is 22.4 Å². The van der Waals surface area contributed by atoms with Gasteiger partial charge in [0, 0.05) is 23.2 Å². The molecule has 4 aromatic rings. The molecule has 0 bridgehead atoms. The topological polar surface area (TPSA) is 124 Å². The number of hydrogen-bond acceptors (Lipinski definition) is 6. The van der Waals surface area contributed by atoms with Crippen molar-refractivity contribution in [2.24, 2.45) is 0 Å². The molecular formula is C24H19N3O6. The molecular weight excluding hydrogens is 426 g/mol. The van der Waals surface area contributed by atoms with Crippen LogP contribution in [0.2, 0.25) is 0 Å².